The third-order valence-electron chi connectivity index (χ3n) is 5.74. The maximum Gasteiger partial charge on any atom is 0.0537 e. The topological polar surface area (TPSA) is 37.2 Å². The summed E-state index contributed by atoms with van der Waals surface area (Å²) in [5.41, 5.74) is 4.25. The maximum absolute atomic E-state index is 4.57. The number of likely N-dealkylation sites (tertiary alicyclic amines) is 1. The summed E-state index contributed by atoms with van der Waals surface area (Å²) < 4.78 is 2.10. The molecule has 2 aromatic rings. The molecule has 0 radical (unpaired) electrons. The Kier molecular flexibility index (Phi) is 4.86. The second-order valence-electron chi connectivity index (χ2n) is 7.75. The van der Waals surface area contributed by atoms with Gasteiger partial charge in [-0.1, -0.05) is 0 Å². The highest BCUT2D eigenvalue weighted by Crippen LogP contribution is 2.41. The highest BCUT2D eigenvalue weighted by atomic mass is 15.3. The molecule has 0 bridgehead atoms. The second kappa shape index (κ2) is 7.26. The highest BCUT2D eigenvalue weighted by Gasteiger charge is 2.31. The fourth-order valence-electron chi connectivity index (χ4n) is 4.11. The van der Waals surface area contributed by atoms with Crippen molar-refractivity contribution < 1.29 is 0 Å². The van der Waals surface area contributed by atoms with E-state index in [0.717, 1.165) is 19.0 Å². The van der Waals surface area contributed by atoms with Crippen molar-refractivity contribution in [2.24, 2.45) is 7.05 Å². The van der Waals surface area contributed by atoms with E-state index in [1.807, 2.05) is 12.4 Å². The van der Waals surface area contributed by atoms with Crippen LogP contribution in [0.15, 0.2) is 30.7 Å². The number of rotatable bonds is 6. The van der Waals surface area contributed by atoms with E-state index in [-0.39, 0.29) is 0 Å². The number of hydrogen-bond donors (Lipinski definition) is 0. The van der Waals surface area contributed by atoms with E-state index in [0.29, 0.717) is 6.04 Å². The molecule has 0 spiro atoms. The Morgan fingerprint density at radius 3 is 2.44 bits per heavy atom. The lowest BCUT2D eigenvalue weighted by atomic mass is 10.0. The molecular weight excluding hydrogens is 310 g/mol. The first-order valence-corrected chi connectivity index (χ1v) is 9.53. The lowest BCUT2D eigenvalue weighted by Crippen LogP contribution is -2.43. The van der Waals surface area contributed by atoms with Gasteiger partial charge in [0, 0.05) is 55.7 Å². The van der Waals surface area contributed by atoms with Crippen LogP contribution in [0.2, 0.25) is 0 Å². The quantitative estimate of drug-likeness (QED) is 0.811. The molecule has 5 heteroatoms. The summed E-state index contributed by atoms with van der Waals surface area (Å²) >= 11 is 0. The van der Waals surface area contributed by atoms with Gasteiger partial charge in [0.1, 0.15) is 0 Å². The predicted octanol–water partition coefficient (Wildman–Crippen LogP) is 2.79. The molecule has 1 aliphatic heterocycles. The first-order valence-electron chi connectivity index (χ1n) is 9.53. The summed E-state index contributed by atoms with van der Waals surface area (Å²) in [5, 5.41) is 4.57. The Hall–Kier alpha value is -1.72. The van der Waals surface area contributed by atoms with Gasteiger partial charge in [0.2, 0.25) is 0 Å². The molecule has 0 N–H and O–H groups in total. The number of piperidine rings is 1. The number of hydrogen-bond acceptors (Lipinski definition) is 4. The monoisotopic (exact) mass is 339 g/mol. The average molecular weight is 339 g/mol. The lowest BCUT2D eigenvalue weighted by molar-refractivity contribution is 0.108. The van der Waals surface area contributed by atoms with Crippen molar-refractivity contribution in [3.63, 3.8) is 0 Å². The van der Waals surface area contributed by atoms with Crippen LogP contribution in [-0.2, 0) is 20.1 Å². The first-order chi connectivity index (χ1) is 12.2. The molecule has 5 nitrogen and oxygen atoms in total. The summed E-state index contributed by atoms with van der Waals surface area (Å²) in [5.74, 6) is 0.739. The first kappa shape index (κ1) is 16.7. The van der Waals surface area contributed by atoms with Gasteiger partial charge < -0.3 is 4.90 Å². The van der Waals surface area contributed by atoms with Gasteiger partial charge in [-0.3, -0.25) is 14.6 Å². The molecule has 1 aliphatic carbocycles. The number of aryl methyl sites for hydroxylation is 1. The van der Waals surface area contributed by atoms with Crippen LogP contribution in [0.4, 0.5) is 0 Å². The fraction of sp³-hybridized carbons (Fsp3) is 0.600. The molecule has 0 unspecified atom stereocenters. The lowest BCUT2D eigenvalue weighted by Gasteiger charge is -2.37. The Bertz CT molecular complexity index is 683. The maximum atomic E-state index is 4.57. The molecule has 4 rings (SSSR count). The van der Waals surface area contributed by atoms with E-state index in [1.165, 1.54) is 55.6 Å². The van der Waals surface area contributed by atoms with Gasteiger partial charge in [-0.15, -0.1) is 0 Å². The largest absolute Gasteiger partial charge is 0.306 e. The van der Waals surface area contributed by atoms with E-state index >= 15 is 0 Å². The molecule has 0 aromatic carbocycles. The third kappa shape index (κ3) is 3.93. The summed E-state index contributed by atoms with van der Waals surface area (Å²) in [6.45, 7) is 4.40. The smallest absolute Gasteiger partial charge is 0.0537 e. The highest BCUT2D eigenvalue weighted by molar-refractivity contribution is 5.26. The van der Waals surface area contributed by atoms with Gasteiger partial charge in [0.25, 0.3) is 0 Å². The van der Waals surface area contributed by atoms with Crippen molar-refractivity contribution in [3.8, 4) is 0 Å². The molecular formula is C20H29N5. The molecule has 1 saturated heterocycles. The Labute approximate surface area is 150 Å². The van der Waals surface area contributed by atoms with Gasteiger partial charge in [-0.25, -0.2) is 0 Å². The molecule has 25 heavy (non-hydrogen) atoms. The van der Waals surface area contributed by atoms with E-state index in [2.05, 4.69) is 57.0 Å². The molecule has 2 aliphatic rings. The van der Waals surface area contributed by atoms with Crippen molar-refractivity contribution in [1.29, 1.82) is 0 Å². The molecule has 2 fully saturated rings. The SMILES string of the molecule is CN1CCC(N(Cc2ccncc2)Cc2cnn(C)c2C2CC2)CC1. The van der Waals surface area contributed by atoms with Gasteiger partial charge >= 0.3 is 0 Å². The van der Waals surface area contributed by atoms with Crippen LogP contribution in [0.25, 0.3) is 0 Å². The standard InChI is InChI=1S/C20H29N5/c1-23-11-7-19(8-12-23)25(14-16-5-9-21-10-6-16)15-18-13-22-24(2)20(18)17-3-4-17/h5-6,9-10,13,17,19H,3-4,7-8,11-12,14-15H2,1-2H3. The van der Waals surface area contributed by atoms with Gasteiger partial charge in [0.05, 0.1) is 6.20 Å². The zero-order valence-corrected chi connectivity index (χ0v) is 15.4. The van der Waals surface area contributed by atoms with Crippen LogP contribution in [0, 0.1) is 0 Å². The summed E-state index contributed by atoms with van der Waals surface area (Å²) in [6, 6.07) is 4.94. The van der Waals surface area contributed by atoms with Gasteiger partial charge in [0.15, 0.2) is 0 Å². The minimum atomic E-state index is 0.650. The van der Waals surface area contributed by atoms with Crippen LogP contribution in [0.3, 0.4) is 0 Å². The van der Waals surface area contributed by atoms with Gasteiger partial charge in [-0.2, -0.15) is 5.10 Å². The van der Waals surface area contributed by atoms with Crippen LogP contribution in [0.1, 0.15) is 48.4 Å². The van der Waals surface area contributed by atoms with Crippen LogP contribution >= 0.6 is 0 Å². The van der Waals surface area contributed by atoms with Crippen molar-refractivity contribution in [2.45, 2.75) is 50.7 Å². The molecule has 0 atom stereocenters. The zero-order valence-electron chi connectivity index (χ0n) is 15.4. The molecule has 2 aromatic heterocycles. The summed E-state index contributed by atoms with van der Waals surface area (Å²) in [6.07, 6.45) is 11.1. The number of aromatic nitrogens is 3. The fourth-order valence-corrected chi connectivity index (χ4v) is 4.11. The predicted molar refractivity (Wildman–Crippen MR) is 99.2 cm³/mol. The Morgan fingerprint density at radius 2 is 1.76 bits per heavy atom. The Balaban J connectivity index is 1.54. The van der Waals surface area contributed by atoms with Crippen molar-refractivity contribution in [3.05, 3.63) is 47.5 Å². The van der Waals surface area contributed by atoms with E-state index in [4.69, 9.17) is 0 Å². The van der Waals surface area contributed by atoms with Crippen molar-refractivity contribution >= 4 is 0 Å². The van der Waals surface area contributed by atoms with Crippen LogP contribution < -0.4 is 0 Å². The molecule has 134 valence electrons. The molecule has 0 amide bonds. The molecule has 3 heterocycles. The number of pyridine rings is 1. The zero-order chi connectivity index (χ0) is 17.2. The summed E-state index contributed by atoms with van der Waals surface area (Å²) in [4.78, 5) is 9.29. The molecule has 1 saturated carbocycles. The second-order valence-corrected chi connectivity index (χ2v) is 7.75. The van der Waals surface area contributed by atoms with E-state index in [1.54, 1.807) is 0 Å². The van der Waals surface area contributed by atoms with Crippen molar-refractivity contribution in [1.82, 2.24) is 24.6 Å². The van der Waals surface area contributed by atoms with E-state index in [9.17, 15) is 0 Å². The van der Waals surface area contributed by atoms with Crippen molar-refractivity contribution in [2.75, 3.05) is 20.1 Å². The average Bonchev–Trinajstić information content (AvgIpc) is 3.39. The Morgan fingerprint density at radius 1 is 1.04 bits per heavy atom. The summed E-state index contributed by atoms with van der Waals surface area (Å²) in [7, 11) is 4.33. The van der Waals surface area contributed by atoms with Crippen LogP contribution in [-0.4, -0.2) is 50.7 Å². The number of nitrogens with zero attached hydrogens (tertiary/aromatic N) is 5. The minimum Gasteiger partial charge on any atom is -0.306 e. The minimum absolute atomic E-state index is 0.650. The third-order valence-corrected chi connectivity index (χ3v) is 5.74. The van der Waals surface area contributed by atoms with Crippen LogP contribution in [0.5, 0.6) is 0 Å². The normalized spacial score (nSPS) is 19.6. The van der Waals surface area contributed by atoms with Gasteiger partial charge in [-0.05, 0) is 63.5 Å². The van der Waals surface area contributed by atoms with E-state index < -0.39 is 0 Å².